The fourth-order valence-electron chi connectivity index (χ4n) is 4.55. The van der Waals surface area contributed by atoms with Crippen LogP contribution in [0.4, 0.5) is 5.69 Å². The molecule has 0 atom stereocenters. The smallest absolute Gasteiger partial charge is 0.269 e. The minimum atomic E-state index is 0.0715. The molecule has 0 spiro atoms. The molecule has 0 saturated heterocycles. The minimum Gasteiger partial charge on any atom is -0.465 e. The second-order valence-corrected chi connectivity index (χ2v) is 9.55. The van der Waals surface area contributed by atoms with Gasteiger partial charge in [-0.15, -0.1) is 0 Å². The van der Waals surface area contributed by atoms with Gasteiger partial charge < -0.3 is 9.64 Å². The second kappa shape index (κ2) is 7.22. The summed E-state index contributed by atoms with van der Waals surface area (Å²) in [6.45, 7) is 18.8. The first-order valence-electron chi connectivity index (χ1n) is 10.4. The molecule has 4 nitrogen and oxygen atoms in total. The van der Waals surface area contributed by atoms with Gasteiger partial charge in [-0.25, -0.2) is 10.1 Å². The lowest BCUT2D eigenvalue weighted by Crippen LogP contribution is -2.44. The van der Waals surface area contributed by atoms with Crippen molar-refractivity contribution in [3.8, 4) is 6.07 Å². The first kappa shape index (κ1) is 20.0. The van der Waals surface area contributed by atoms with Crippen LogP contribution in [0.5, 0.6) is 0 Å². The van der Waals surface area contributed by atoms with Crippen LogP contribution in [-0.2, 0) is 15.6 Å². The third kappa shape index (κ3) is 3.44. The summed E-state index contributed by atoms with van der Waals surface area (Å²) in [5, 5.41) is 9.12. The Labute approximate surface area is 179 Å². The van der Waals surface area contributed by atoms with Crippen LogP contribution in [0, 0.1) is 17.9 Å². The predicted molar refractivity (Wildman–Crippen MR) is 121 cm³/mol. The molecule has 0 saturated carbocycles. The third-order valence-electron chi connectivity index (χ3n) is 6.60. The van der Waals surface area contributed by atoms with E-state index < -0.39 is 0 Å². The van der Waals surface area contributed by atoms with Gasteiger partial charge in [0, 0.05) is 18.8 Å². The lowest BCUT2D eigenvalue weighted by Gasteiger charge is -2.48. The molecule has 152 valence electrons. The summed E-state index contributed by atoms with van der Waals surface area (Å²) in [6.07, 6.45) is 11.2. The number of hydrogen-bond acceptors (Lipinski definition) is 3. The molecular formula is C26H27N3O. The van der Waals surface area contributed by atoms with E-state index in [1.165, 1.54) is 23.1 Å². The molecule has 0 N–H and O–H groups in total. The Bertz CT molecular complexity index is 1040. The summed E-state index contributed by atoms with van der Waals surface area (Å²) < 4.78 is 5.59. The first-order chi connectivity index (χ1) is 14.2. The molecular weight excluding hydrogens is 370 g/mol. The van der Waals surface area contributed by atoms with Crippen LogP contribution >= 0.6 is 0 Å². The van der Waals surface area contributed by atoms with Gasteiger partial charge in [0.1, 0.15) is 5.76 Å². The molecule has 0 aliphatic carbocycles. The molecule has 1 aromatic carbocycles. The Balaban J connectivity index is 1.76. The SMILES string of the molecule is [C-]#[N+]/C(C#N)=C1/C=COC(/C=C/c2cc3c4c(c2)C(C)(C)CCN4CCC3(C)C)=C1. The van der Waals surface area contributed by atoms with E-state index >= 15 is 0 Å². The highest BCUT2D eigenvalue weighted by Gasteiger charge is 2.39. The van der Waals surface area contributed by atoms with Gasteiger partial charge in [0.25, 0.3) is 5.70 Å². The number of ether oxygens (including phenoxy) is 1. The van der Waals surface area contributed by atoms with Gasteiger partial charge in [-0.1, -0.05) is 33.8 Å². The summed E-state index contributed by atoms with van der Waals surface area (Å²) in [6, 6.07) is 6.58. The molecule has 0 aromatic heterocycles. The van der Waals surface area contributed by atoms with Crippen LogP contribution in [-0.4, -0.2) is 13.1 Å². The van der Waals surface area contributed by atoms with Crippen molar-refractivity contribution in [2.75, 3.05) is 18.0 Å². The van der Waals surface area contributed by atoms with Crippen molar-refractivity contribution < 1.29 is 4.74 Å². The molecule has 1 aromatic rings. The van der Waals surface area contributed by atoms with Crippen LogP contribution in [0.1, 0.15) is 57.2 Å². The number of nitrogens with zero attached hydrogens (tertiary/aromatic N) is 3. The zero-order valence-corrected chi connectivity index (χ0v) is 18.1. The Morgan fingerprint density at radius 3 is 2.33 bits per heavy atom. The molecule has 0 bridgehead atoms. The zero-order valence-electron chi connectivity index (χ0n) is 18.1. The Morgan fingerprint density at radius 1 is 1.13 bits per heavy atom. The molecule has 3 aliphatic rings. The Morgan fingerprint density at radius 2 is 1.77 bits per heavy atom. The quantitative estimate of drug-likeness (QED) is 0.454. The standard InChI is InChI=1S/C26H27N3O/c1-25(2)9-11-29-12-10-26(3,4)22-15-18(14-21(25)24(22)29)6-7-20-16-19(8-13-30-20)23(17-27)28-5/h6-8,13-16H,9-12H2,1-4H3/b7-6+,23-19-. The van der Waals surface area contributed by atoms with Crippen LogP contribution in [0.15, 0.2) is 53.7 Å². The lowest BCUT2D eigenvalue weighted by molar-refractivity contribution is 0.364. The summed E-state index contributed by atoms with van der Waals surface area (Å²) in [7, 11) is 0. The number of allylic oxidation sites excluding steroid dienone is 5. The second-order valence-electron chi connectivity index (χ2n) is 9.55. The summed E-state index contributed by atoms with van der Waals surface area (Å²) >= 11 is 0. The molecule has 4 rings (SSSR count). The van der Waals surface area contributed by atoms with Crippen LogP contribution < -0.4 is 4.90 Å². The molecule has 0 amide bonds. The molecule has 0 unspecified atom stereocenters. The lowest BCUT2D eigenvalue weighted by atomic mass is 9.69. The normalized spacial score (nSPS) is 22.5. The average Bonchev–Trinajstić information content (AvgIpc) is 2.72. The highest BCUT2D eigenvalue weighted by Crippen LogP contribution is 2.49. The van der Waals surface area contributed by atoms with Crippen molar-refractivity contribution >= 4 is 11.8 Å². The van der Waals surface area contributed by atoms with Crippen molar-refractivity contribution in [2.45, 2.75) is 51.4 Å². The molecule has 0 fully saturated rings. The minimum absolute atomic E-state index is 0.0715. The van der Waals surface area contributed by atoms with E-state index in [2.05, 4.69) is 55.6 Å². The van der Waals surface area contributed by atoms with Crippen molar-refractivity contribution in [3.05, 3.63) is 81.8 Å². The maximum atomic E-state index is 9.12. The topological polar surface area (TPSA) is 40.6 Å². The largest absolute Gasteiger partial charge is 0.465 e. The fraction of sp³-hybridized carbons (Fsp3) is 0.385. The van der Waals surface area contributed by atoms with Gasteiger partial charge in [-0.3, -0.25) is 0 Å². The van der Waals surface area contributed by atoms with Gasteiger partial charge >= 0.3 is 0 Å². The molecule has 0 radical (unpaired) electrons. The maximum absolute atomic E-state index is 9.12. The number of benzene rings is 1. The van der Waals surface area contributed by atoms with E-state index in [1.54, 1.807) is 12.2 Å². The Kier molecular flexibility index (Phi) is 4.83. The predicted octanol–water partition coefficient (Wildman–Crippen LogP) is 5.99. The number of nitriles is 1. The van der Waals surface area contributed by atoms with Gasteiger partial charge in [-0.2, -0.15) is 0 Å². The van der Waals surface area contributed by atoms with Gasteiger partial charge in [0.15, 0.2) is 0 Å². The van der Waals surface area contributed by atoms with Crippen LogP contribution in [0.2, 0.25) is 0 Å². The summed E-state index contributed by atoms with van der Waals surface area (Å²) in [4.78, 5) is 5.85. The maximum Gasteiger partial charge on any atom is 0.269 e. The zero-order chi connectivity index (χ0) is 21.5. The molecule has 3 heterocycles. The molecule has 4 heteroatoms. The van der Waals surface area contributed by atoms with Crippen LogP contribution in [0.3, 0.4) is 0 Å². The molecule has 30 heavy (non-hydrogen) atoms. The first-order valence-corrected chi connectivity index (χ1v) is 10.4. The molecule has 3 aliphatic heterocycles. The van der Waals surface area contributed by atoms with Gasteiger partial charge in [-0.05, 0) is 76.3 Å². The van der Waals surface area contributed by atoms with E-state index in [0.717, 1.165) is 31.5 Å². The summed E-state index contributed by atoms with van der Waals surface area (Å²) in [5.74, 6) is 0.621. The van der Waals surface area contributed by atoms with E-state index in [0.29, 0.717) is 11.3 Å². The third-order valence-corrected chi connectivity index (χ3v) is 6.60. The van der Waals surface area contributed by atoms with E-state index in [-0.39, 0.29) is 16.5 Å². The number of hydrogen-bond donors (Lipinski definition) is 0. The van der Waals surface area contributed by atoms with Gasteiger partial charge in [0.2, 0.25) is 0 Å². The Hall–Kier alpha value is -3.24. The van der Waals surface area contributed by atoms with Crippen LogP contribution in [0.25, 0.3) is 10.9 Å². The average molecular weight is 398 g/mol. The van der Waals surface area contributed by atoms with Crippen molar-refractivity contribution in [1.82, 2.24) is 0 Å². The monoisotopic (exact) mass is 397 g/mol. The van der Waals surface area contributed by atoms with E-state index in [4.69, 9.17) is 16.6 Å². The van der Waals surface area contributed by atoms with Gasteiger partial charge in [0.05, 0.1) is 18.9 Å². The highest BCUT2D eigenvalue weighted by molar-refractivity contribution is 5.72. The number of anilines is 1. The fourth-order valence-corrected chi connectivity index (χ4v) is 4.55. The summed E-state index contributed by atoms with van der Waals surface area (Å²) in [5.41, 5.74) is 6.40. The van der Waals surface area contributed by atoms with Crippen molar-refractivity contribution in [1.29, 1.82) is 5.26 Å². The van der Waals surface area contributed by atoms with E-state index in [1.807, 2.05) is 12.1 Å². The number of rotatable bonds is 2. The van der Waals surface area contributed by atoms with Crippen molar-refractivity contribution in [2.24, 2.45) is 0 Å². The highest BCUT2D eigenvalue weighted by atomic mass is 16.5. The van der Waals surface area contributed by atoms with Crippen molar-refractivity contribution in [3.63, 3.8) is 0 Å². The van der Waals surface area contributed by atoms with E-state index in [9.17, 15) is 0 Å².